The molecule has 0 saturated heterocycles. The Morgan fingerprint density at radius 2 is 1.89 bits per heavy atom. The smallest absolute Gasteiger partial charge is 0.412 e. The number of nitrogens with one attached hydrogen (secondary N) is 1. The minimum absolute atomic E-state index is 0.0250. The molecular formula is C30H23Cl2N3O2. The van der Waals surface area contributed by atoms with Crippen LogP contribution < -0.4 is 5.32 Å². The lowest BCUT2D eigenvalue weighted by atomic mass is 9.75. The van der Waals surface area contributed by atoms with Crippen LogP contribution in [0.5, 0.6) is 0 Å². The van der Waals surface area contributed by atoms with E-state index in [0.29, 0.717) is 28.5 Å². The lowest BCUT2D eigenvalue weighted by Crippen LogP contribution is -2.19. The van der Waals surface area contributed by atoms with Gasteiger partial charge in [0.15, 0.2) is 5.82 Å². The van der Waals surface area contributed by atoms with Gasteiger partial charge in [-0.25, -0.2) is 9.78 Å². The average molecular weight is 528 g/mol. The summed E-state index contributed by atoms with van der Waals surface area (Å²) in [6.07, 6.45) is 2.31. The fourth-order valence-electron chi connectivity index (χ4n) is 4.88. The number of nitrogens with zero attached hydrogens (tertiary/aromatic N) is 2. The highest BCUT2D eigenvalue weighted by molar-refractivity contribution is 6.42. The van der Waals surface area contributed by atoms with Crippen LogP contribution in [0.4, 0.5) is 10.6 Å². The number of carbonyl (C=O) groups is 1. The molecular weight excluding hydrogens is 505 g/mol. The Morgan fingerprint density at radius 3 is 2.68 bits per heavy atom. The van der Waals surface area contributed by atoms with Gasteiger partial charge in [-0.3, -0.25) is 5.32 Å². The third-order valence-electron chi connectivity index (χ3n) is 6.73. The molecule has 0 aliphatic heterocycles. The van der Waals surface area contributed by atoms with E-state index in [2.05, 4.69) is 22.4 Å². The van der Waals surface area contributed by atoms with Crippen molar-refractivity contribution in [1.82, 2.24) is 4.98 Å². The minimum Gasteiger partial charge on any atom is -0.449 e. The number of hydrogen-bond donors (Lipinski definition) is 1. The van der Waals surface area contributed by atoms with Crippen LogP contribution in [0.2, 0.25) is 10.0 Å². The fraction of sp³-hybridized carbons (Fsp3) is 0.167. The van der Waals surface area contributed by atoms with E-state index >= 15 is 0 Å². The maximum Gasteiger partial charge on any atom is 0.412 e. The SMILES string of the molecule is Cc1ccccc1CCOC(=O)Nc1ncc2c(c1C#N)-c1ccccc1C(c1ccc(Cl)c(Cl)c1)C2. The van der Waals surface area contributed by atoms with Crippen LogP contribution in [0.1, 0.15) is 39.3 Å². The molecule has 1 aliphatic carbocycles. The zero-order valence-corrected chi connectivity index (χ0v) is 21.6. The molecule has 4 aromatic rings. The van der Waals surface area contributed by atoms with Crippen molar-refractivity contribution in [3.05, 3.63) is 116 Å². The number of hydrogen-bond acceptors (Lipinski definition) is 4. The number of amides is 1. The molecule has 1 N–H and O–H groups in total. The van der Waals surface area contributed by atoms with E-state index in [9.17, 15) is 10.1 Å². The summed E-state index contributed by atoms with van der Waals surface area (Å²) in [6.45, 7) is 2.24. The van der Waals surface area contributed by atoms with E-state index in [-0.39, 0.29) is 18.3 Å². The van der Waals surface area contributed by atoms with Gasteiger partial charge in [0, 0.05) is 24.1 Å². The number of aryl methyl sites for hydroxylation is 1. The number of carbonyl (C=O) groups excluding carboxylic acids is 1. The number of anilines is 1. The number of ether oxygens (including phenoxy) is 1. The van der Waals surface area contributed by atoms with E-state index in [0.717, 1.165) is 38.9 Å². The molecule has 1 aliphatic rings. The van der Waals surface area contributed by atoms with Gasteiger partial charge in [0.1, 0.15) is 11.6 Å². The lowest BCUT2D eigenvalue weighted by Gasteiger charge is -2.29. The van der Waals surface area contributed by atoms with Crippen LogP contribution in [0.3, 0.4) is 0 Å². The molecule has 0 bridgehead atoms. The summed E-state index contributed by atoms with van der Waals surface area (Å²) in [5, 5.41) is 13.8. The van der Waals surface area contributed by atoms with E-state index in [4.69, 9.17) is 27.9 Å². The molecule has 7 heteroatoms. The van der Waals surface area contributed by atoms with Crippen LogP contribution in [0.15, 0.2) is 72.9 Å². The molecule has 1 aromatic heterocycles. The highest BCUT2D eigenvalue weighted by Gasteiger charge is 2.30. The summed E-state index contributed by atoms with van der Waals surface area (Å²) in [4.78, 5) is 17.0. The van der Waals surface area contributed by atoms with Crippen molar-refractivity contribution in [3.63, 3.8) is 0 Å². The molecule has 1 unspecified atom stereocenters. The first-order valence-corrected chi connectivity index (χ1v) is 12.7. The summed E-state index contributed by atoms with van der Waals surface area (Å²) in [5.74, 6) is 0.210. The summed E-state index contributed by atoms with van der Waals surface area (Å²) >= 11 is 12.5. The van der Waals surface area contributed by atoms with Gasteiger partial charge in [-0.05, 0) is 58.9 Å². The zero-order valence-electron chi connectivity index (χ0n) is 20.1. The number of benzene rings is 3. The number of halogens is 2. The molecule has 5 nitrogen and oxygen atoms in total. The van der Waals surface area contributed by atoms with Gasteiger partial charge < -0.3 is 4.74 Å². The third kappa shape index (κ3) is 5.04. The standard InChI is InChI=1S/C30H23Cl2N3O2/c1-18-6-2-3-7-19(18)12-13-37-30(36)35-29-25(16-33)28-21(17-34-29)14-24(22-8-4-5-9-23(22)28)20-10-11-26(31)27(32)15-20/h2-11,15,17,24H,12-14H2,1H3,(H,34,35,36). The minimum atomic E-state index is -0.643. The van der Waals surface area contributed by atoms with Crippen molar-refractivity contribution in [3.8, 4) is 17.2 Å². The Kier molecular flexibility index (Phi) is 7.14. The second kappa shape index (κ2) is 10.6. The van der Waals surface area contributed by atoms with Crippen molar-refractivity contribution in [2.75, 3.05) is 11.9 Å². The number of nitriles is 1. The Morgan fingerprint density at radius 1 is 1.11 bits per heavy atom. The van der Waals surface area contributed by atoms with Crippen molar-refractivity contribution in [2.24, 2.45) is 0 Å². The molecule has 0 radical (unpaired) electrons. The van der Waals surface area contributed by atoms with Gasteiger partial charge in [-0.1, -0.05) is 77.8 Å². The first-order valence-electron chi connectivity index (χ1n) is 11.9. The number of rotatable bonds is 5. The van der Waals surface area contributed by atoms with E-state index in [1.165, 1.54) is 0 Å². The van der Waals surface area contributed by atoms with Crippen LogP contribution in [0, 0.1) is 18.3 Å². The Bertz CT molecular complexity index is 1540. The van der Waals surface area contributed by atoms with Gasteiger partial charge in [0.05, 0.1) is 16.7 Å². The molecule has 0 spiro atoms. The van der Waals surface area contributed by atoms with Gasteiger partial charge >= 0.3 is 6.09 Å². The van der Waals surface area contributed by atoms with Gasteiger partial charge in [0.25, 0.3) is 0 Å². The highest BCUT2D eigenvalue weighted by atomic mass is 35.5. The third-order valence-corrected chi connectivity index (χ3v) is 7.47. The Hall–Kier alpha value is -3.85. The number of fused-ring (bicyclic) bond motifs is 3. The first kappa shape index (κ1) is 24.8. The lowest BCUT2D eigenvalue weighted by molar-refractivity contribution is 0.163. The largest absolute Gasteiger partial charge is 0.449 e. The molecule has 3 aromatic carbocycles. The molecule has 37 heavy (non-hydrogen) atoms. The molecule has 1 amide bonds. The summed E-state index contributed by atoms with van der Waals surface area (Å²) in [6, 6.07) is 23.9. The van der Waals surface area contributed by atoms with Crippen LogP contribution in [-0.4, -0.2) is 17.7 Å². The van der Waals surface area contributed by atoms with Crippen LogP contribution in [0.25, 0.3) is 11.1 Å². The summed E-state index contributed by atoms with van der Waals surface area (Å²) in [7, 11) is 0. The van der Waals surface area contributed by atoms with E-state index in [1.54, 1.807) is 12.3 Å². The topological polar surface area (TPSA) is 75.0 Å². The maximum atomic E-state index is 12.6. The second-order valence-electron chi connectivity index (χ2n) is 8.95. The Balaban J connectivity index is 1.41. The maximum absolute atomic E-state index is 12.6. The molecule has 0 fully saturated rings. The predicted molar refractivity (Wildman–Crippen MR) is 146 cm³/mol. The second-order valence-corrected chi connectivity index (χ2v) is 9.76. The molecule has 0 saturated carbocycles. The normalized spacial score (nSPS) is 13.7. The van der Waals surface area contributed by atoms with Gasteiger partial charge in [-0.15, -0.1) is 0 Å². The summed E-state index contributed by atoms with van der Waals surface area (Å²) < 4.78 is 5.39. The highest BCUT2D eigenvalue weighted by Crippen LogP contribution is 2.45. The predicted octanol–water partition coefficient (Wildman–Crippen LogP) is 7.71. The van der Waals surface area contributed by atoms with Gasteiger partial charge in [0.2, 0.25) is 0 Å². The van der Waals surface area contributed by atoms with Gasteiger partial charge in [-0.2, -0.15) is 5.26 Å². The van der Waals surface area contributed by atoms with Crippen LogP contribution in [-0.2, 0) is 17.6 Å². The van der Waals surface area contributed by atoms with Crippen molar-refractivity contribution in [2.45, 2.75) is 25.7 Å². The van der Waals surface area contributed by atoms with Crippen molar-refractivity contribution in [1.29, 1.82) is 5.26 Å². The molecule has 184 valence electrons. The molecule has 1 atom stereocenters. The number of aromatic nitrogens is 1. The average Bonchev–Trinajstić information content (AvgIpc) is 2.91. The van der Waals surface area contributed by atoms with Crippen LogP contribution >= 0.6 is 23.2 Å². The monoisotopic (exact) mass is 527 g/mol. The van der Waals surface area contributed by atoms with Crippen molar-refractivity contribution >= 4 is 35.1 Å². The Labute approximate surface area is 225 Å². The molecule has 5 rings (SSSR count). The molecule has 1 heterocycles. The first-order chi connectivity index (χ1) is 18.0. The fourth-order valence-corrected chi connectivity index (χ4v) is 5.19. The van der Waals surface area contributed by atoms with E-state index in [1.807, 2.05) is 61.5 Å². The number of pyridine rings is 1. The van der Waals surface area contributed by atoms with E-state index < -0.39 is 6.09 Å². The summed E-state index contributed by atoms with van der Waals surface area (Å²) in [5.41, 5.74) is 7.31. The zero-order chi connectivity index (χ0) is 25.9. The van der Waals surface area contributed by atoms with Crippen molar-refractivity contribution < 1.29 is 9.53 Å². The quantitative estimate of drug-likeness (QED) is 0.288.